The standard InChI is InChI=1S/C11H10ClN3O2S/c12-8-2-1-7(18-8)10-14-13-9-5-6(11(16)17)3-4-15(9)10/h1-2,6H,3-5H2,(H,16,17). The number of carboxylic acids is 1. The van der Waals surface area contributed by atoms with Crippen LogP contribution in [0.1, 0.15) is 12.2 Å². The van der Waals surface area contributed by atoms with Gasteiger partial charge in [-0.2, -0.15) is 0 Å². The minimum Gasteiger partial charge on any atom is -0.481 e. The van der Waals surface area contributed by atoms with Crippen molar-refractivity contribution in [3.8, 4) is 10.7 Å². The number of halogens is 1. The van der Waals surface area contributed by atoms with Crippen molar-refractivity contribution in [2.24, 2.45) is 5.92 Å². The average Bonchev–Trinajstić information content (AvgIpc) is 2.93. The summed E-state index contributed by atoms with van der Waals surface area (Å²) >= 11 is 7.36. The van der Waals surface area contributed by atoms with Gasteiger partial charge in [0, 0.05) is 13.0 Å². The SMILES string of the molecule is O=C(O)C1CCn2c(nnc2-c2ccc(Cl)s2)C1. The minimum atomic E-state index is -0.759. The number of fused-ring (bicyclic) bond motifs is 1. The smallest absolute Gasteiger partial charge is 0.307 e. The van der Waals surface area contributed by atoms with Gasteiger partial charge in [0.1, 0.15) is 5.82 Å². The molecule has 18 heavy (non-hydrogen) atoms. The molecule has 2 aromatic rings. The molecule has 1 atom stereocenters. The lowest BCUT2D eigenvalue weighted by Gasteiger charge is -2.20. The molecular formula is C11H10ClN3O2S. The molecule has 1 unspecified atom stereocenters. The van der Waals surface area contributed by atoms with E-state index in [0.29, 0.717) is 23.7 Å². The van der Waals surface area contributed by atoms with Crippen molar-refractivity contribution in [2.45, 2.75) is 19.4 Å². The van der Waals surface area contributed by atoms with Gasteiger partial charge in [0.2, 0.25) is 0 Å². The van der Waals surface area contributed by atoms with Crippen LogP contribution in [0, 0.1) is 5.92 Å². The van der Waals surface area contributed by atoms with Gasteiger partial charge in [-0.05, 0) is 18.6 Å². The van der Waals surface area contributed by atoms with Crippen LogP contribution >= 0.6 is 22.9 Å². The molecule has 0 fully saturated rings. The summed E-state index contributed by atoms with van der Waals surface area (Å²) in [6, 6.07) is 3.74. The quantitative estimate of drug-likeness (QED) is 0.918. The molecule has 1 aliphatic heterocycles. The molecular weight excluding hydrogens is 274 g/mol. The van der Waals surface area contributed by atoms with Crippen LogP contribution in [0.4, 0.5) is 0 Å². The number of rotatable bonds is 2. The van der Waals surface area contributed by atoms with Crippen molar-refractivity contribution in [2.75, 3.05) is 0 Å². The highest BCUT2D eigenvalue weighted by Gasteiger charge is 2.28. The minimum absolute atomic E-state index is 0.346. The van der Waals surface area contributed by atoms with Crippen LogP contribution in [0.5, 0.6) is 0 Å². The van der Waals surface area contributed by atoms with E-state index in [9.17, 15) is 4.79 Å². The monoisotopic (exact) mass is 283 g/mol. The molecule has 0 saturated carbocycles. The van der Waals surface area contributed by atoms with Gasteiger partial charge in [0.05, 0.1) is 15.1 Å². The number of aliphatic carboxylic acids is 1. The first-order chi connectivity index (χ1) is 8.65. The molecule has 0 radical (unpaired) electrons. The summed E-state index contributed by atoms with van der Waals surface area (Å²) in [7, 11) is 0. The highest BCUT2D eigenvalue weighted by molar-refractivity contribution is 7.19. The third-order valence-electron chi connectivity index (χ3n) is 3.10. The largest absolute Gasteiger partial charge is 0.481 e. The Bertz CT molecular complexity index is 607. The van der Waals surface area contributed by atoms with Crippen molar-refractivity contribution in [3.63, 3.8) is 0 Å². The molecule has 7 heteroatoms. The molecule has 0 bridgehead atoms. The molecule has 0 aliphatic carbocycles. The lowest BCUT2D eigenvalue weighted by Crippen LogP contribution is -2.25. The molecule has 0 aromatic carbocycles. The Labute approximate surface area is 112 Å². The van der Waals surface area contributed by atoms with Crippen molar-refractivity contribution < 1.29 is 9.90 Å². The van der Waals surface area contributed by atoms with E-state index in [1.165, 1.54) is 11.3 Å². The Hall–Kier alpha value is -1.40. The maximum atomic E-state index is 11.0. The van der Waals surface area contributed by atoms with E-state index in [1.807, 2.05) is 16.7 Å². The van der Waals surface area contributed by atoms with E-state index in [-0.39, 0.29) is 5.92 Å². The zero-order valence-corrected chi connectivity index (χ0v) is 10.9. The first-order valence-corrected chi connectivity index (χ1v) is 6.75. The molecule has 1 aliphatic rings. The van der Waals surface area contributed by atoms with E-state index in [0.717, 1.165) is 16.5 Å². The highest BCUT2D eigenvalue weighted by atomic mass is 35.5. The summed E-state index contributed by atoms with van der Waals surface area (Å²) in [6.07, 6.45) is 1.06. The summed E-state index contributed by atoms with van der Waals surface area (Å²) in [5, 5.41) is 17.3. The predicted octanol–water partition coefficient (Wildman–Crippen LogP) is 2.31. The molecule has 94 valence electrons. The Balaban J connectivity index is 1.95. The first-order valence-electron chi connectivity index (χ1n) is 5.56. The number of aromatic nitrogens is 3. The zero-order valence-electron chi connectivity index (χ0n) is 9.34. The Morgan fingerprint density at radius 3 is 3.00 bits per heavy atom. The third kappa shape index (κ3) is 1.91. The highest BCUT2D eigenvalue weighted by Crippen LogP contribution is 2.32. The fraction of sp³-hybridized carbons (Fsp3) is 0.364. The summed E-state index contributed by atoms with van der Waals surface area (Å²) in [6.45, 7) is 0.643. The normalized spacial score (nSPS) is 18.6. The second-order valence-electron chi connectivity index (χ2n) is 4.22. The van der Waals surface area contributed by atoms with Crippen molar-refractivity contribution in [1.29, 1.82) is 0 Å². The molecule has 2 aromatic heterocycles. The van der Waals surface area contributed by atoms with Crippen LogP contribution in [0.3, 0.4) is 0 Å². The van der Waals surface area contributed by atoms with Gasteiger partial charge < -0.3 is 9.67 Å². The van der Waals surface area contributed by atoms with Gasteiger partial charge in [0.15, 0.2) is 5.82 Å². The van der Waals surface area contributed by atoms with Gasteiger partial charge in [0.25, 0.3) is 0 Å². The Morgan fingerprint density at radius 2 is 2.33 bits per heavy atom. The van der Waals surface area contributed by atoms with Gasteiger partial charge in [-0.25, -0.2) is 0 Å². The molecule has 0 spiro atoms. The summed E-state index contributed by atoms with van der Waals surface area (Å²) in [5.74, 6) is 0.422. The van der Waals surface area contributed by atoms with E-state index in [1.54, 1.807) is 0 Å². The van der Waals surface area contributed by atoms with Crippen LogP contribution < -0.4 is 0 Å². The number of thiophene rings is 1. The van der Waals surface area contributed by atoms with Crippen molar-refractivity contribution in [3.05, 3.63) is 22.3 Å². The van der Waals surface area contributed by atoms with Gasteiger partial charge in [-0.3, -0.25) is 4.79 Å². The fourth-order valence-electron chi connectivity index (χ4n) is 2.16. The molecule has 0 saturated heterocycles. The lowest BCUT2D eigenvalue weighted by atomic mass is 9.98. The third-order valence-corrected chi connectivity index (χ3v) is 4.33. The Morgan fingerprint density at radius 1 is 1.50 bits per heavy atom. The number of nitrogens with zero attached hydrogens (tertiary/aromatic N) is 3. The van der Waals surface area contributed by atoms with E-state index in [4.69, 9.17) is 16.7 Å². The molecule has 1 N–H and O–H groups in total. The second-order valence-corrected chi connectivity index (χ2v) is 5.94. The van der Waals surface area contributed by atoms with E-state index in [2.05, 4.69) is 10.2 Å². The first kappa shape index (κ1) is 11.7. The van der Waals surface area contributed by atoms with Crippen LogP contribution in [-0.4, -0.2) is 25.8 Å². The predicted molar refractivity (Wildman–Crippen MR) is 67.8 cm³/mol. The van der Waals surface area contributed by atoms with Gasteiger partial charge in [-0.15, -0.1) is 21.5 Å². The van der Waals surface area contributed by atoms with Crippen LogP contribution in [-0.2, 0) is 17.8 Å². The van der Waals surface area contributed by atoms with E-state index >= 15 is 0 Å². The van der Waals surface area contributed by atoms with E-state index < -0.39 is 5.97 Å². The topological polar surface area (TPSA) is 68.0 Å². The van der Waals surface area contributed by atoms with Gasteiger partial charge >= 0.3 is 5.97 Å². The zero-order chi connectivity index (χ0) is 12.7. The second kappa shape index (κ2) is 4.37. The molecule has 3 rings (SSSR count). The van der Waals surface area contributed by atoms with Crippen LogP contribution in [0.2, 0.25) is 4.34 Å². The lowest BCUT2D eigenvalue weighted by molar-refractivity contribution is -0.142. The number of carbonyl (C=O) groups is 1. The average molecular weight is 284 g/mol. The van der Waals surface area contributed by atoms with Crippen LogP contribution in [0.25, 0.3) is 10.7 Å². The molecule has 3 heterocycles. The van der Waals surface area contributed by atoms with Crippen molar-refractivity contribution >= 4 is 28.9 Å². The summed E-state index contributed by atoms with van der Waals surface area (Å²) in [5.41, 5.74) is 0. The van der Waals surface area contributed by atoms with Crippen LogP contribution in [0.15, 0.2) is 12.1 Å². The van der Waals surface area contributed by atoms with Crippen molar-refractivity contribution in [1.82, 2.24) is 14.8 Å². The summed E-state index contributed by atoms with van der Waals surface area (Å²) in [4.78, 5) is 11.9. The number of hydrogen-bond acceptors (Lipinski definition) is 4. The maximum absolute atomic E-state index is 11.0. The van der Waals surface area contributed by atoms with Gasteiger partial charge in [-0.1, -0.05) is 11.6 Å². The molecule has 5 nitrogen and oxygen atoms in total. The Kier molecular flexibility index (Phi) is 2.83. The number of hydrogen-bond donors (Lipinski definition) is 1. The molecule has 0 amide bonds. The fourth-order valence-corrected chi connectivity index (χ4v) is 3.19. The summed E-state index contributed by atoms with van der Waals surface area (Å²) < 4.78 is 2.70. The number of carboxylic acid groups (broad SMARTS) is 1. The maximum Gasteiger partial charge on any atom is 0.307 e.